The van der Waals surface area contributed by atoms with Crippen LogP contribution in [0.3, 0.4) is 0 Å². The van der Waals surface area contributed by atoms with E-state index in [1.165, 1.54) is 0 Å². The topological polar surface area (TPSA) is 72.4 Å². The highest BCUT2D eigenvalue weighted by Gasteiger charge is 2.17. The zero-order valence-electron chi connectivity index (χ0n) is 18.1. The molecule has 3 aromatic rings. The first-order valence-corrected chi connectivity index (χ1v) is 10.3. The van der Waals surface area contributed by atoms with Crippen LogP contribution in [0.2, 0.25) is 5.02 Å². The number of amides is 2. The van der Waals surface area contributed by atoms with Gasteiger partial charge >= 0.3 is 0 Å². The zero-order chi connectivity index (χ0) is 22.5. The number of halogens is 1. The van der Waals surface area contributed by atoms with Gasteiger partial charge in [0.15, 0.2) is 0 Å². The van der Waals surface area contributed by atoms with E-state index in [1.54, 1.807) is 25.3 Å². The lowest BCUT2D eigenvalue weighted by Gasteiger charge is -2.16. The highest BCUT2D eigenvalue weighted by Crippen LogP contribution is 2.25. The molecule has 31 heavy (non-hydrogen) atoms. The van der Waals surface area contributed by atoms with E-state index in [4.69, 9.17) is 16.3 Å². The van der Waals surface area contributed by atoms with Gasteiger partial charge in [-0.05, 0) is 63.2 Å². The van der Waals surface area contributed by atoms with Gasteiger partial charge in [-0.25, -0.2) is 0 Å². The number of anilines is 1. The van der Waals surface area contributed by atoms with Crippen molar-refractivity contribution >= 4 is 29.1 Å². The Balaban J connectivity index is 1.85. The van der Waals surface area contributed by atoms with Crippen LogP contribution in [-0.2, 0) is 4.74 Å². The molecule has 0 aliphatic rings. The highest BCUT2D eigenvalue weighted by atomic mass is 35.5. The molecular weight excluding hydrogens is 414 g/mol. The SMILES string of the molecule is COCCNC(=O)c1ccc(NC(=O)c2cc(C)ccc2-n2c(C)ccc2C)cc1Cl. The fourth-order valence-electron chi connectivity index (χ4n) is 3.41. The third-order valence-electron chi connectivity index (χ3n) is 4.97. The minimum Gasteiger partial charge on any atom is -0.383 e. The maximum atomic E-state index is 13.1. The molecule has 0 spiro atoms. The number of aromatic nitrogens is 1. The molecule has 0 aliphatic carbocycles. The Labute approximate surface area is 187 Å². The van der Waals surface area contributed by atoms with Crippen LogP contribution in [0.4, 0.5) is 5.69 Å². The Bertz CT molecular complexity index is 1100. The highest BCUT2D eigenvalue weighted by molar-refractivity contribution is 6.34. The normalized spacial score (nSPS) is 10.7. The number of hydrogen-bond donors (Lipinski definition) is 2. The van der Waals surface area contributed by atoms with E-state index in [-0.39, 0.29) is 16.8 Å². The Morgan fingerprint density at radius 3 is 2.29 bits per heavy atom. The maximum Gasteiger partial charge on any atom is 0.257 e. The summed E-state index contributed by atoms with van der Waals surface area (Å²) >= 11 is 6.30. The van der Waals surface area contributed by atoms with Crippen molar-refractivity contribution in [2.24, 2.45) is 0 Å². The molecule has 0 bridgehead atoms. The Morgan fingerprint density at radius 1 is 0.935 bits per heavy atom. The van der Waals surface area contributed by atoms with E-state index in [0.29, 0.717) is 30.0 Å². The molecule has 0 radical (unpaired) electrons. The van der Waals surface area contributed by atoms with Gasteiger partial charge in [0.2, 0.25) is 0 Å². The molecule has 0 unspecified atom stereocenters. The molecule has 0 saturated carbocycles. The predicted molar refractivity (Wildman–Crippen MR) is 124 cm³/mol. The van der Waals surface area contributed by atoms with E-state index in [1.807, 2.05) is 51.1 Å². The summed E-state index contributed by atoms with van der Waals surface area (Å²) in [7, 11) is 1.56. The minimum atomic E-state index is -0.292. The van der Waals surface area contributed by atoms with Gasteiger partial charge in [-0.2, -0.15) is 0 Å². The van der Waals surface area contributed by atoms with Crippen molar-refractivity contribution in [1.82, 2.24) is 9.88 Å². The molecule has 6 nitrogen and oxygen atoms in total. The van der Waals surface area contributed by atoms with Crippen molar-refractivity contribution in [3.63, 3.8) is 0 Å². The van der Waals surface area contributed by atoms with Crippen molar-refractivity contribution < 1.29 is 14.3 Å². The van der Waals surface area contributed by atoms with Gasteiger partial charge in [-0.3, -0.25) is 9.59 Å². The summed E-state index contributed by atoms with van der Waals surface area (Å²) in [6.07, 6.45) is 0. The summed E-state index contributed by atoms with van der Waals surface area (Å²) in [6, 6.07) is 14.7. The number of carbonyl (C=O) groups excluding carboxylic acids is 2. The van der Waals surface area contributed by atoms with Gasteiger partial charge in [0.25, 0.3) is 11.8 Å². The molecule has 0 saturated heterocycles. The number of benzene rings is 2. The van der Waals surface area contributed by atoms with E-state index in [2.05, 4.69) is 15.2 Å². The fraction of sp³-hybridized carbons (Fsp3) is 0.250. The van der Waals surface area contributed by atoms with Crippen LogP contribution in [0.1, 0.15) is 37.7 Å². The third kappa shape index (κ3) is 5.16. The number of ether oxygens (including phenoxy) is 1. The van der Waals surface area contributed by atoms with Crippen LogP contribution in [0.25, 0.3) is 5.69 Å². The summed E-state index contributed by atoms with van der Waals surface area (Å²) in [5.74, 6) is -0.543. The van der Waals surface area contributed by atoms with Gasteiger partial charge in [-0.1, -0.05) is 23.2 Å². The van der Waals surface area contributed by atoms with E-state index in [9.17, 15) is 9.59 Å². The van der Waals surface area contributed by atoms with Crippen molar-refractivity contribution in [1.29, 1.82) is 0 Å². The second-order valence-electron chi connectivity index (χ2n) is 7.37. The zero-order valence-corrected chi connectivity index (χ0v) is 18.8. The average molecular weight is 440 g/mol. The Kier molecular flexibility index (Phi) is 7.15. The van der Waals surface area contributed by atoms with Gasteiger partial charge in [-0.15, -0.1) is 0 Å². The molecule has 1 heterocycles. The molecule has 2 N–H and O–H groups in total. The molecule has 2 amide bonds. The van der Waals surface area contributed by atoms with E-state index < -0.39 is 0 Å². The summed E-state index contributed by atoms with van der Waals surface area (Å²) in [6.45, 7) is 6.76. The van der Waals surface area contributed by atoms with Crippen molar-refractivity contribution in [3.8, 4) is 5.69 Å². The number of methoxy groups -OCH3 is 1. The Morgan fingerprint density at radius 2 is 1.65 bits per heavy atom. The number of rotatable bonds is 7. The van der Waals surface area contributed by atoms with Gasteiger partial charge in [0.1, 0.15) is 0 Å². The van der Waals surface area contributed by atoms with Crippen molar-refractivity contribution in [2.75, 3.05) is 25.6 Å². The smallest absolute Gasteiger partial charge is 0.257 e. The second kappa shape index (κ2) is 9.81. The summed E-state index contributed by atoms with van der Waals surface area (Å²) in [4.78, 5) is 25.4. The molecule has 0 fully saturated rings. The second-order valence-corrected chi connectivity index (χ2v) is 7.78. The Hall–Kier alpha value is -3.09. The lowest BCUT2D eigenvalue weighted by molar-refractivity contribution is 0.0936. The lowest BCUT2D eigenvalue weighted by Crippen LogP contribution is -2.27. The largest absolute Gasteiger partial charge is 0.383 e. The van der Waals surface area contributed by atoms with Crippen LogP contribution < -0.4 is 10.6 Å². The van der Waals surface area contributed by atoms with Gasteiger partial charge in [0, 0.05) is 30.7 Å². The molecule has 162 valence electrons. The van der Waals surface area contributed by atoms with Crippen LogP contribution in [-0.4, -0.2) is 36.6 Å². The number of carbonyl (C=O) groups is 2. The standard InChI is InChI=1S/C24H26ClN3O3/c1-15-5-10-22(28-16(2)6-7-17(28)3)20(13-15)24(30)27-18-8-9-19(21(25)14-18)23(29)26-11-12-31-4/h5-10,13-14H,11-12H2,1-4H3,(H,26,29)(H,27,30). The molecule has 0 atom stereocenters. The average Bonchev–Trinajstić information content (AvgIpc) is 3.06. The maximum absolute atomic E-state index is 13.1. The van der Waals surface area contributed by atoms with Crippen LogP contribution >= 0.6 is 11.6 Å². The van der Waals surface area contributed by atoms with Crippen LogP contribution in [0, 0.1) is 20.8 Å². The molecule has 1 aromatic heterocycles. The van der Waals surface area contributed by atoms with E-state index in [0.717, 1.165) is 22.6 Å². The minimum absolute atomic E-state index is 0.250. The monoisotopic (exact) mass is 439 g/mol. The van der Waals surface area contributed by atoms with Crippen molar-refractivity contribution in [2.45, 2.75) is 20.8 Å². The summed E-state index contributed by atoms with van der Waals surface area (Å²) < 4.78 is 6.98. The number of aryl methyl sites for hydroxylation is 3. The molecule has 0 aliphatic heterocycles. The first-order chi connectivity index (χ1) is 14.8. The summed E-state index contributed by atoms with van der Waals surface area (Å²) in [5, 5.41) is 5.88. The van der Waals surface area contributed by atoms with Gasteiger partial charge < -0.3 is 19.9 Å². The number of nitrogens with zero attached hydrogens (tertiary/aromatic N) is 1. The van der Waals surface area contributed by atoms with E-state index >= 15 is 0 Å². The third-order valence-corrected chi connectivity index (χ3v) is 5.28. The number of hydrogen-bond acceptors (Lipinski definition) is 3. The quantitative estimate of drug-likeness (QED) is 0.525. The van der Waals surface area contributed by atoms with Crippen LogP contribution in [0.15, 0.2) is 48.5 Å². The first kappa shape index (κ1) is 22.6. The summed E-state index contributed by atoms with van der Waals surface area (Å²) in [5.41, 5.74) is 5.28. The van der Waals surface area contributed by atoms with Gasteiger partial charge in [0.05, 0.1) is 28.4 Å². The molecular formula is C24H26ClN3O3. The molecule has 7 heteroatoms. The van der Waals surface area contributed by atoms with Crippen molar-refractivity contribution in [3.05, 3.63) is 81.6 Å². The fourth-order valence-corrected chi connectivity index (χ4v) is 3.68. The predicted octanol–water partition coefficient (Wildman–Crippen LogP) is 4.68. The lowest BCUT2D eigenvalue weighted by atomic mass is 10.1. The number of nitrogens with one attached hydrogen (secondary N) is 2. The first-order valence-electron chi connectivity index (χ1n) is 9.96. The van der Waals surface area contributed by atoms with Crippen LogP contribution in [0.5, 0.6) is 0 Å². The molecule has 3 rings (SSSR count). The molecule has 2 aromatic carbocycles.